The molecule has 1 fully saturated rings. The van der Waals surface area contributed by atoms with E-state index in [1.807, 2.05) is 0 Å². The lowest BCUT2D eigenvalue weighted by Gasteiger charge is -2.34. The molecule has 146 valence electrons. The van der Waals surface area contributed by atoms with Crippen LogP contribution < -0.4 is 4.74 Å². The monoisotopic (exact) mass is 392 g/mol. The van der Waals surface area contributed by atoms with Gasteiger partial charge < -0.3 is 4.74 Å². The van der Waals surface area contributed by atoms with Crippen molar-refractivity contribution in [1.29, 1.82) is 0 Å². The molecular formula is C20H25FN2O3S. The second-order valence-electron chi connectivity index (χ2n) is 6.90. The molecule has 0 unspecified atom stereocenters. The van der Waals surface area contributed by atoms with Crippen LogP contribution in [0.1, 0.15) is 16.7 Å². The van der Waals surface area contributed by atoms with Gasteiger partial charge in [-0.1, -0.05) is 12.1 Å². The number of hydrogen-bond acceptors (Lipinski definition) is 4. The minimum Gasteiger partial charge on any atom is -0.497 e. The van der Waals surface area contributed by atoms with Crippen molar-refractivity contribution >= 4 is 10.0 Å². The molecule has 2 aromatic carbocycles. The van der Waals surface area contributed by atoms with Gasteiger partial charge in [0.1, 0.15) is 11.6 Å². The average molecular weight is 392 g/mol. The highest BCUT2D eigenvalue weighted by Crippen LogP contribution is 2.28. The fraction of sp³-hybridized carbons (Fsp3) is 0.400. The van der Waals surface area contributed by atoms with Gasteiger partial charge in [-0.15, -0.1) is 0 Å². The standard InChI is InChI=1S/C20H25FN2O3S/c1-15-12-19(26-3)13-16(2)20(15)27(24,25)23-10-8-22(9-11-23)14-17-4-6-18(21)7-5-17/h4-7,12-13H,8-11,14H2,1-3H3. The molecule has 2 aromatic rings. The number of sulfonamides is 1. The Labute approximate surface area is 160 Å². The fourth-order valence-corrected chi connectivity index (χ4v) is 5.37. The molecule has 1 aliphatic heterocycles. The maximum Gasteiger partial charge on any atom is 0.243 e. The molecule has 1 aliphatic rings. The zero-order valence-electron chi connectivity index (χ0n) is 15.9. The number of aryl methyl sites for hydroxylation is 2. The van der Waals surface area contributed by atoms with E-state index in [4.69, 9.17) is 4.74 Å². The Morgan fingerprint density at radius 2 is 1.56 bits per heavy atom. The van der Waals surface area contributed by atoms with E-state index in [2.05, 4.69) is 4.90 Å². The number of hydrogen-bond donors (Lipinski definition) is 0. The van der Waals surface area contributed by atoms with Gasteiger partial charge in [-0.3, -0.25) is 4.90 Å². The van der Waals surface area contributed by atoms with E-state index in [1.54, 1.807) is 49.5 Å². The topological polar surface area (TPSA) is 49.9 Å². The van der Waals surface area contributed by atoms with Crippen LogP contribution in [0.25, 0.3) is 0 Å². The molecule has 27 heavy (non-hydrogen) atoms. The number of benzene rings is 2. The third-order valence-corrected chi connectivity index (χ3v) is 7.12. The predicted octanol–water partition coefficient (Wildman–Crippen LogP) is 2.96. The smallest absolute Gasteiger partial charge is 0.243 e. The summed E-state index contributed by atoms with van der Waals surface area (Å²) in [5.74, 6) is 0.410. The first-order valence-electron chi connectivity index (χ1n) is 8.93. The fourth-order valence-electron chi connectivity index (χ4n) is 3.54. The highest BCUT2D eigenvalue weighted by Gasteiger charge is 2.31. The molecule has 0 bridgehead atoms. The first-order chi connectivity index (χ1) is 12.8. The SMILES string of the molecule is COc1cc(C)c(S(=O)(=O)N2CCN(Cc3ccc(F)cc3)CC2)c(C)c1. The second-order valence-corrected chi connectivity index (χ2v) is 8.77. The number of halogens is 1. The summed E-state index contributed by atoms with van der Waals surface area (Å²) in [6, 6.07) is 9.94. The Kier molecular flexibility index (Phi) is 5.83. The number of nitrogens with zero attached hydrogens (tertiary/aromatic N) is 2. The summed E-state index contributed by atoms with van der Waals surface area (Å²) >= 11 is 0. The van der Waals surface area contributed by atoms with Crippen molar-refractivity contribution in [2.75, 3.05) is 33.3 Å². The molecule has 0 aromatic heterocycles. The zero-order chi connectivity index (χ0) is 19.6. The maximum absolute atomic E-state index is 13.2. The van der Waals surface area contributed by atoms with Crippen LogP contribution in [-0.2, 0) is 16.6 Å². The van der Waals surface area contributed by atoms with Crippen molar-refractivity contribution in [1.82, 2.24) is 9.21 Å². The quantitative estimate of drug-likeness (QED) is 0.785. The van der Waals surface area contributed by atoms with Crippen LogP contribution in [0.3, 0.4) is 0 Å². The molecule has 1 saturated heterocycles. The number of piperazine rings is 1. The Morgan fingerprint density at radius 3 is 2.07 bits per heavy atom. The highest BCUT2D eigenvalue weighted by atomic mass is 32.2. The summed E-state index contributed by atoms with van der Waals surface area (Å²) in [4.78, 5) is 2.56. The van der Waals surface area contributed by atoms with E-state index in [1.165, 1.54) is 12.1 Å². The van der Waals surface area contributed by atoms with E-state index in [9.17, 15) is 12.8 Å². The van der Waals surface area contributed by atoms with Crippen molar-refractivity contribution < 1.29 is 17.5 Å². The second kappa shape index (κ2) is 7.96. The minimum atomic E-state index is -3.55. The van der Waals surface area contributed by atoms with E-state index in [-0.39, 0.29) is 5.82 Å². The van der Waals surface area contributed by atoms with Crippen LogP contribution >= 0.6 is 0 Å². The zero-order valence-corrected chi connectivity index (χ0v) is 16.7. The van der Waals surface area contributed by atoms with Gasteiger partial charge in [-0.05, 0) is 54.8 Å². The van der Waals surface area contributed by atoms with Gasteiger partial charge in [0, 0.05) is 32.7 Å². The summed E-state index contributed by atoms with van der Waals surface area (Å²) < 4.78 is 46.1. The molecule has 0 N–H and O–H groups in total. The highest BCUT2D eigenvalue weighted by molar-refractivity contribution is 7.89. The van der Waals surface area contributed by atoms with Crippen LogP contribution in [-0.4, -0.2) is 50.9 Å². The molecule has 0 aliphatic carbocycles. The minimum absolute atomic E-state index is 0.250. The number of ether oxygens (including phenoxy) is 1. The Morgan fingerprint density at radius 1 is 1.00 bits per heavy atom. The largest absolute Gasteiger partial charge is 0.497 e. The first-order valence-corrected chi connectivity index (χ1v) is 10.4. The van der Waals surface area contributed by atoms with Crippen molar-refractivity contribution in [3.63, 3.8) is 0 Å². The Hall–Kier alpha value is -1.96. The van der Waals surface area contributed by atoms with Gasteiger partial charge in [-0.2, -0.15) is 4.31 Å². The lowest BCUT2D eigenvalue weighted by Crippen LogP contribution is -2.48. The van der Waals surface area contributed by atoms with Crippen LogP contribution in [0.4, 0.5) is 4.39 Å². The van der Waals surface area contributed by atoms with Gasteiger partial charge in [0.05, 0.1) is 12.0 Å². The van der Waals surface area contributed by atoms with Gasteiger partial charge in [-0.25, -0.2) is 12.8 Å². The van der Waals surface area contributed by atoms with Crippen LogP contribution in [0, 0.1) is 19.7 Å². The normalized spacial score (nSPS) is 16.4. The summed E-state index contributed by atoms with van der Waals surface area (Å²) in [7, 11) is -1.98. The number of rotatable bonds is 5. The van der Waals surface area contributed by atoms with Gasteiger partial charge in [0.25, 0.3) is 0 Å². The third kappa shape index (κ3) is 4.31. The summed E-state index contributed by atoms with van der Waals surface area (Å²) in [5.41, 5.74) is 2.41. The van der Waals surface area contributed by atoms with E-state index in [0.717, 1.165) is 5.56 Å². The number of methoxy groups -OCH3 is 1. The third-order valence-electron chi connectivity index (χ3n) is 4.92. The van der Waals surface area contributed by atoms with Crippen LogP contribution in [0.15, 0.2) is 41.3 Å². The maximum atomic E-state index is 13.2. The van der Waals surface area contributed by atoms with Crippen LogP contribution in [0.2, 0.25) is 0 Å². The summed E-state index contributed by atoms with van der Waals surface area (Å²) in [5, 5.41) is 0. The molecule has 0 amide bonds. The predicted molar refractivity (Wildman–Crippen MR) is 103 cm³/mol. The van der Waals surface area contributed by atoms with E-state index >= 15 is 0 Å². The summed E-state index contributed by atoms with van der Waals surface area (Å²) in [6.45, 7) is 6.45. The molecule has 0 saturated carbocycles. The molecule has 0 atom stereocenters. The molecule has 0 radical (unpaired) electrons. The molecule has 0 spiro atoms. The van der Waals surface area contributed by atoms with E-state index < -0.39 is 10.0 Å². The summed E-state index contributed by atoms with van der Waals surface area (Å²) in [6.07, 6.45) is 0. The van der Waals surface area contributed by atoms with Crippen molar-refractivity contribution in [2.24, 2.45) is 0 Å². The molecule has 7 heteroatoms. The van der Waals surface area contributed by atoms with Gasteiger partial charge in [0.2, 0.25) is 10.0 Å². The lowest BCUT2D eigenvalue weighted by molar-refractivity contribution is 0.181. The average Bonchev–Trinajstić information content (AvgIpc) is 2.63. The Bertz CT molecular complexity index is 882. The van der Waals surface area contributed by atoms with Crippen molar-refractivity contribution in [3.8, 4) is 5.75 Å². The molecule has 5 nitrogen and oxygen atoms in total. The van der Waals surface area contributed by atoms with Gasteiger partial charge >= 0.3 is 0 Å². The molecular weight excluding hydrogens is 367 g/mol. The van der Waals surface area contributed by atoms with Crippen molar-refractivity contribution in [3.05, 3.63) is 58.9 Å². The first kappa shape index (κ1) is 19.8. The van der Waals surface area contributed by atoms with E-state index in [0.29, 0.717) is 54.5 Å². The van der Waals surface area contributed by atoms with Gasteiger partial charge in [0.15, 0.2) is 0 Å². The van der Waals surface area contributed by atoms with Crippen molar-refractivity contribution in [2.45, 2.75) is 25.3 Å². The molecule has 3 rings (SSSR count). The molecule has 1 heterocycles. The van der Waals surface area contributed by atoms with Crippen LogP contribution in [0.5, 0.6) is 5.75 Å². The lowest BCUT2D eigenvalue weighted by atomic mass is 10.1. The Balaban J connectivity index is 1.70.